The van der Waals surface area contributed by atoms with Crippen molar-refractivity contribution in [1.82, 2.24) is 9.88 Å². The van der Waals surface area contributed by atoms with E-state index in [9.17, 15) is 13.6 Å². The van der Waals surface area contributed by atoms with Gasteiger partial charge in [0, 0.05) is 30.9 Å². The summed E-state index contributed by atoms with van der Waals surface area (Å²) in [5, 5.41) is 0. The molecule has 2 aromatic rings. The Bertz CT molecular complexity index is 784. The van der Waals surface area contributed by atoms with Gasteiger partial charge in [-0.1, -0.05) is 0 Å². The number of fused-ring (bicyclic) bond motifs is 1. The summed E-state index contributed by atoms with van der Waals surface area (Å²) >= 11 is 0. The lowest BCUT2D eigenvalue weighted by molar-refractivity contribution is 0.0787. The molecule has 0 atom stereocenters. The predicted molar refractivity (Wildman–Crippen MR) is 84.8 cm³/mol. The minimum Gasteiger partial charge on any atom is -0.488 e. The molecular weight excluding hydrogens is 316 g/mol. The van der Waals surface area contributed by atoms with Gasteiger partial charge in [0.1, 0.15) is 12.3 Å². The molecule has 1 amide bonds. The third-order valence-corrected chi connectivity index (χ3v) is 4.44. The first-order valence-electron chi connectivity index (χ1n) is 8.01. The smallest absolute Gasteiger partial charge is 0.270 e. The van der Waals surface area contributed by atoms with Crippen LogP contribution < -0.4 is 9.64 Å². The second-order valence-electron chi connectivity index (χ2n) is 5.99. The molecule has 0 saturated carbocycles. The molecule has 0 aliphatic carbocycles. The molecule has 1 N–H and O–H groups in total. The van der Waals surface area contributed by atoms with Gasteiger partial charge in [0.15, 0.2) is 23.2 Å². The first-order valence-corrected chi connectivity index (χ1v) is 8.01. The maximum atomic E-state index is 13.5. The number of carbonyl (C=O) groups is 1. The summed E-state index contributed by atoms with van der Waals surface area (Å²) in [6.45, 7) is 2.41. The number of hydrogen-bond acceptors (Lipinski definition) is 3. The highest BCUT2D eigenvalue weighted by Gasteiger charge is 2.27. The lowest BCUT2D eigenvalue weighted by Crippen LogP contribution is -2.29. The molecule has 4 rings (SSSR count). The standard InChI is InChI=1S/C17H17F2N3O2/c18-12-4-3-11(9-13(12)19)22-7-8-24-15-10-14(20-16(15)22)17(23)21-5-1-2-6-21/h3-4,9-10,20H,1-2,5-8H2. The van der Waals surface area contributed by atoms with Crippen LogP contribution in [0.5, 0.6) is 5.75 Å². The van der Waals surface area contributed by atoms with E-state index in [-0.39, 0.29) is 5.91 Å². The first-order chi connectivity index (χ1) is 11.6. The molecule has 24 heavy (non-hydrogen) atoms. The summed E-state index contributed by atoms with van der Waals surface area (Å²) in [5.74, 6) is -0.705. The quantitative estimate of drug-likeness (QED) is 0.919. The number of aromatic amines is 1. The first kappa shape index (κ1) is 15.0. The highest BCUT2D eigenvalue weighted by molar-refractivity contribution is 5.94. The summed E-state index contributed by atoms with van der Waals surface area (Å²) in [6.07, 6.45) is 2.04. The van der Waals surface area contributed by atoms with E-state index in [0.717, 1.165) is 38.1 Å². The summed E-state index contributed by atoms with van der Waals surface area (Å²) < 4.78 is 32.3. The van der Waals surface area contributed by atoms with Crippen molar-refractivity contribution in [2.45, 2.75) is 12.8 Å². The summed E-state index contributed by atoms with van der Waals surface area (Å²) in [7, 11) is 0. The van der Waals surface area contributed by atoms with E-state index in [1.165, 1.54) is 6.07 Å². The average Bonchev–Trinajstić information content (AvgIpc) is 3.25. The number of nitrogens with one attached hydrogen (secondary N) is 1. The van der Waals surface area contributed by atoms with E-state index in [4.69, 9.17) is 4.74 Å². The van der Waals surface area contributed by atoms with Gasteiger partial charge >= 0.3 is 0 Å². The van der Waals surface area contributed by atoms with Gasteiger partial charge in [-0.05, 0) is 25.0 Å². The number of anilines is 2. The second-order valence-corrected chi connectivity index (χ2v) is 5.99. The van der Waals surface area contributed by atoms with E-state index in [1.54, 1.807) is 15.9 Å². The number of rotatable bonds is 2. The molecule has 7 heteroatoms. The van der Waals surface area contributed by atoms with Crippen molar-refractivity contribution in [3.05, 3.63) is 41.6 Å². The Labute approximate surface area is 137 Å². The van der Waals surface area contributed by atoms with Gasteiger partial charge in [0.25, 0.3) is 5.91 Å². The van der Waals surface area contributed by atoms with Gasteiger partial charge in [0.2, 0.25) is 0 Å². The molecule has 2 aliphatic heterocycles. The number of halogens is 2. The predicted octanol–water partition coefficient (Wildman–Crippen LogP) is 3.06. The molecule has 1 aromatic carbocycles. The fraction of sp³-hybridized carbons (Fsp3) is 0.353. The molecule has 1 aromatic heterocycles. The molecule has 0 bridgehead atoms. The maximum Gasteiger partial charge on any atom is 0.270 e. The van der Waals surface area contributed by atoms with Gasteiger partial charge in [-0.15, -0.1) is 0 Å². The Morgan fingerprint density at radius 3 is 2.62 bits per heavy atom. The van der Waals surface area contributed by atoms with Crippen LogP contribution in [-0.4, -0.2) is 42.0 Å². The highest BCUT2D eigenvalue weighted by Crippen LogP contribution is 2.37. The zero-order valence-corrected chi connectivity index (χ0v) is 13.0. The molecule has 1 saturated heterocycles. The van der Waals surface area contributed by atoms with Crippen molar-refractivity contribution in [2.24, 2.45) is 0 Å². The van der Waals surface area contributed by atoms with Crippen LogP contribution in [0.1, 0.15) is 23.3 Å². The number of aromatic nitrogens is 1. The largest absolute Gasteiger partial charge is 0.488 e. The zero-order chi connectivity index (χ0) is 16.7. The van der Waals surface area contributed by atoms with E-state index in [2.05, 4.69) is 4.98 Å². The Kier molecular flexibility index (Phi) is 3.63. The van der Waals surface area contributed by atoms with Gasteiger partial charge in [-0.3, -0.25) is 4.79 Å². The molecule has 1 fully saturated rings. The van der Waals surface area contributed by atoms with Crippen LogP contribution in [0.2, 0.25) is 0 Å². The van der Waals surface area contributed by atoms with Gasteiger partial charge in [0.05, 0.1) is 6.54 Å². The number of ether oxygens (including phenoxy) is 1. The lowest BCUT2D eigenvalue weighted by atomic mass is 10.2. The van der Waals surface area contributed by atoms with Crippen molar-refractivity contribution in [3.8, 4) is 5.75 Å². The average molecular weight is 333 g/mol. The van der Waals surface area contributed by atoms with E-state index < -0.39 is 11.6 Å². The van der Waals surface area contributed by atoms with Gasteiger partial charge < -0.3 is 19.5 Å². The Morgan fingerprint density at radius 2 is 1.88 bits per heavy atom. The van der Waals surface area contributed by atoms with Gasteiger partial charge in [-0.2, -0.15) is 0 Å². The second kappa shape index (κ2) is 5.81. The van der Waals surface area contributed by atoms with Crippen LogP contribution in [0.15, 0.2) is 24.3 Å². The van der Waals surface area contributed by atoms with Crippen LogP contribution >= 0.6 is 0 Å². The summed E-state index contributed by atoms with van der Waals surface area (Å²) in [5.41, 5.74) is 0.969. The third-order valence-electron chi connectivity index (χ3n) is 4.44. The maximum absolute atomic E-state index is 13.5. The number of nitrogens with zero attached hydrogens (tertiary/aromatic N) is 2. The number of benzene rings is 1. The van der Waals surface area contributed by atoms with Crippen LogP contribution in [0.4, 0.5) is 20.3 Å². The van der Waals surface area contributed by atoms with Crippen molar-refractivity contribution in [2.75, 3.05) is 31.1 Å². The van der Waals surface area contributed by atoms with E-state index >= 15 is 0 Å². The zero-order valence-electron chi connectivity index (χ0n) is 13.0. The highest BCUT2D eigenvalue weighted by atomic mass is 19.2. The molecular formula is C17H17F2N3O2. The van der Waals surface area contributed by atoms with Crippen LogP contribution in [0.3, 0.4) is 0 Å². The number of hydrogen-bond donors (Lipinski definition) is 1. The van der Waals surface area contributed by atoms with Crippen molar-refractivity contribution in [1.29, 1.82) is 0 Å². The van der Waals surface area contributed by atoms with E-state index in [1.807, 2.05) is 0 Å². The number of likely N-dealkylation sites (tertiary alicyclic amines) is 1. The molecule has 3 heterocycles. The molecule has 126 valence electrons. The fourth-order valence-corrected chi connectivity index (χ4v) is 3.21. The van der Waals surface area contributed by atoms with E-state index in [0.29, 0.717) is 36.1 Å². The minimum atomic E-state index is -0.902. The Morgan fingerprint density at radius 1 is 1.08 bits per heavy atom. The van der Waals surface area contributed by atoms with Crippen LogP contribution in [0, 0.1) is 11.6 Å². The van der Waals surface area contributed by atoms with Crippen molar-refractivity contribution >= 4 is 17.4 Å². The Balaban J connectivity index is 1.67. The number of carbonyl (C=O) groups excluding carboxylic acids is 1. The molecule has 0 spiro atoms. The third kappa shape index (κ3) is 2.50. The van der Waals surface area contributed by atoms with Gasteiger partial charge in [-0.25, -0.2) is 8.78 Å². The molecule has 0 unspecified atom stereocenters. The minimum absolute atomic E-state index is 0.0595. The molecule has 5 nitrogen and oxygen atoms in total. The summed E-state index contributed by atoms with van der Waals surface area (Å²) in [6, 6.07) is 5.44. The number of amides is 1. The molecule has 2 aliphatic rings. The SMILES string of the molecule is O=C(c1cc2c([nH]1)N(c1ccc(F)c(F)c1)CCO2)N1CCCC1. The summed E-state index contributed by atoms with van der Waals surface area (Å²) in [4.78, 5) is 19.2. The lowest BCUT2D eigenvalue weighted by Gasteiger charge is -2.28. The van der Waals surface area contributed by atoms with Crippen molar-refractivity contribution in [3.63, 3.8) is 0 Å². The topological polar surface area (TPSA) is 48.6 Å². The van der Waals surface area contributed by atoms with Crippen LogP contribution in [0.25, 0.3) is 0 Å². The molecule has 0 radical (unpaired) electrons. The fourth-order valence-electron chi connectivity index (χ4n) is 3.21. The number of H-pyrrole nitrogens is 1. The van der Waals surface area contributed by atoms with Crippen molar-refractivity contribution < 1.29 is 18.3 Å². The normalized spacial score (nSPS) is 16.9. The van der Waals surface area contributed by atoms with Crippen LogP contribution in [-0.2, 0) is 0 Å². The Hall–Kier alpha value is -2.57. The monoisotopic (exact) mass is 333 g/mol.